The maximum Gasteiger partial charge on any atom is 0.311 e. The summed E-state index contributed by atoms with van der Waals surface area (Å²) in [4.78, 5) is 21.5. The number of unbranched alkanes of at least 4 members (excludes halogenated alkanes) is 11. The quantitative estimate of drug-likeness (QED) is 0.167. The van der Waals surface area contributed by atoms with Crippen molar-refractivity contribution in [3.63, 3.8) is 0 Å². The molecule has 0 aliphatic heterocycles. The van der Waals surface area contributed by atoms with E-state index in [1.54, 1.807) is 0 Å². The summed E-state index contributed by atoms with van der Waals surface area (Å²) in [5.41, 5.74) is 0. The summed E-state index contributed by atoms with van der Waals surface area (Å²) in [7, 11) is 0. The van der Waals surface area contributed by atoms with Gasteiger partial charge in [0.2, 0.25) is 0 Å². The Morgan fingerprint density at radius 1 is 0.808 bits per heavy atom. The van der Waals surface area contributed by atoms with Crippen LogP contribution in [-0.2, 0) is 14.3 Å². The minimum Gasteiger partial charge on any atom is -0.481 e. The predicted octanol–water partition coefficient (Wildman–Crippen LogP) is 6.64. The van der Waals surface area contributed by atoms with E-state index in [4.69, 9.17) is 9.84 Å². The molecule has 0 amide bonds. The first-order valence-corrected chi connectivity index (χ1v) is 10.6. The van der Waals surface area contributed by atoms with Crippen LogP contribution in [-0.4, -0.2) is 17.0 Å². The number of esters is 1. The summed E-state index contributed by atoms with van der Waals surface area (Å²) in [6, 6.07) is 0. The number of carboxylic acids is 1. The Bertz CT molecular complexity index is 374. The highest BCUT2D eigenvalue weighted by Gasteiger charge is 2.04. The maximum absolute atomic E-state index is 11.2. The number of aliphatic carboxylic acids is 1. The Morgan fingerprint density at radius 3 is 1.81 bits per heavy atom. The molecule has 152 valence electrons. The van der Waals surface area contributed by atoms with Gasteiger partial charge in [0, 0.05) is 0 Å². The van der Waals surface area contributed by atoms with Crippen LogP contribution in [0.4, 0.5) is 0 Å². The van der Waals surface area contributed by atoms with E-state index >= 15 is 0 Å². The number of hydrogen-bond acceptors (Lipinski definition) is 3. The van der Waals surface area contributed by atoms with Gasteiger partial charge in [-0.1, -0.05) is 84.5 Å². The van der Waals surface area contributed by atoms with E-state index in [1.807, 2.05) is 6.08 Å². The molecule has 0 aromatic heterocycles. The van der Waals surface area contributed by atoms with E-state index in [2.05, 4.69) is 13.8 Å². The second-order valence-electron chi connectivity index (χ2n) is 7.62. The first-order valence-electron chi connectivity index (χ1n) is 10.6. The Kier molecular flexibility index (Phi) is 17.5. The molecule has 0 atom stereocenters. The van der Waals surface area contributed by atoms with Gasteiger partial charge in [-0.3, -0.25) is 9.59 Å². The Morgan fingerprint density at radius 2 is 1.31 bits per heavy atom. The molecule has 26 heavy (non-hydrogen) atoms. The number of hydrogen-bond donors (Lipinski definition) is 1. The van der Waals surface area contributed by atoms with Crippen molar-refractivity contribution in [2.24, 2.45) is 5.92 Å². The third-order valence-corrected chi connectivity index (χ3v) is 4.49. The number of allylic oxidation sites excluding steroid dienone is 1. The summed E-state index contributed by atoms with van der Waals surface area (Å²) in [6.45, 7) is 4.60. The molecule has 0 heterocycles. The standard InChI is InChI=1S/C22H40O4/c1-20(2)16-14-12-10-8-6-4-3-5-7-9-11-13-15-19-26-22(25)18-17-21(23)24/h15,19-20H,3-14,16-18H2,1-2H3,(H,23,24). The van der Waals surface area contributed by atoms with Crippen molar-refractivity contribution < 1.29 is 19.4 Å². The third kappa shape index (κ3) is 20.7. The molecular weight excluding hydrogens is 328 g/mol. The molecular formula is C22H40O4. The molecule has 1 N–H and O–H groups in total. The molecule has 0 unspecified atom stereocenters. The number of rotatable bonds is 18. The van der Waals surface area contributed by atoms with Gasteiger partial charge in [0.15, 0.2) is 0 Å². The minimum absolute atomic E-state index is 0.0718. The molecule has 4 nitrogen and oxygen atoms in total. The third-order valence-electron chi connectivity index (χ3n) is 4.49. The number of ether oxygens (including phenoxy) is 1. The lowest BCUT2D eigenvalue weighted by Gasteiger charge is -2.04. The molecule has 0 bridgehead atoms. The van der Waals surface area contributed by atoms with Crippen LogP contribution >= 0.6 is 0 Å². The van der Waals surface area contributed by atoms with Gasteiger partial charge in [-0.15, -0.1) is 0 Å². The van der Waals surface area contributed by atoms with Gasteiger partial charge in [-0.2, -0.15) is 0 Å². The van der Waals surface area contributed by atoms with Crippen LogP contribution in [0.2, 0.25) is 0 Å². The molecule has 0 aliphatic carbocycles. The van der Waals surface area contributed by atoms with Gasteiger partial charge >= 0.3 is 11.9 Å². The van der Waals surface area contributed by atoms with Crippen molar-refractivity contribution in [3.8, 4) is 0 Å². The summed E-state index contributed by atoms with van der Waals surface area (Å²) >= 11 is 0. The molecule has 0 spiro atoms. The average Bonchev–Trinajstić information content (AvgIpc) is 2.59. The Hall–Kier alpha value is -1.32. The molecule has 0 aromatic carbocycles. The molecule has 0 aliphatic rings. The van der Waals surface area contributed by atoms with Gasteiger partial charge < -0.3 is 9.84 Å². The Balaban J connectivity index is 3.20. The molecule has 4 heteroatoms. The van der Waals surface area contributed by atoms with Crippen LogP contribution in [0.5, 0.6) is 0 Å². The van der Waals surface area contributed by atoms with E-state index in [1.165, 1.54) is 76.9 Å². The first-order chi connectivity index (χ1) is 12.5. The SMILES string of the molecule is CC(C)CCCCCCCCCCCCCC=COC(=O)CCC(=O)O. The van der Waals surface area contributed by atoms with Crippen LogP contribution in [0.15, 0.2) is 12.3 Å². The van der Waals surface area contributed by atoms with Crippen molar-refractivity contribution in [1.82, 2.24) is 0 Å². The normalized spacial score (nSPS) is 11.3. The Labute approximate surface area is 160 Å². The van der Waals surface area contributed by atoms with Gasteiger partial charge in [0.1, 0.15) is 0 Å². The van der Waals surface area contributed by atoms with Crippen molar-refractivity contribution in [2.45, 2.75) is 110 Å². The highest BCUT2D eigenvalue weighted by molar-refractivity contribution is 5.76. The molecule has 0 rings (SSSR count). The molecule has 0 saturated carbocycles. The molecule has 0 fully saturated rings. The van der Waals surface area contributed by atoms with Crippen molar-refractivity contribution in [3.05, 3.63) is 12.3 Å². The lowest BCUT2D eigenvalue weighted by molar-refractivity contribution is -0.144. The molecule has 0 saturated heterocycles. The molecule has 0 radical (unpaired) electrons. The van der Waals surface area contributed by atoms with Crippen molar-refractivity contribution in [1.29, 1.82) is 0 Å². The second-order valence-corrected chi connectivity index (χ2v) is 7.62. The van der Waals surface area contributed by atoms with E-state index in [0.717, 1.165) is 18.8 Å². The summed E-state index contributed by atoms with van der Waals surface area (Å²) in [5.74, 6) is -0.611. The fourth-order valence-corrected chi connectivity index (χ4v) is 2.87. The van der Waals surface area contributed by atoms with Gasteiger partial charge in [0.05, 0.1) is 19.1 Å². The number of carboxylic acid groups (broad SMARTS) is 1. The number of carbonyl (C=O) groups excluding carboxylic acids is 1. The topological polar surface area (TPSA) is 63.6 Å². The van der Waals surface area contributed by atoms with Crippen LogP contribution in [0.25, 0.3) is 0 Å². The van der Waals surface area contributed by atoms with Crippen molar-refractivity contribution in [2.75, 3.05) is 0 Å². The fraction of sp³-hybridized carbons (Fsp3) is 0.818. The van der Waals surface area contributed by atoms with Crippen LogP contribution in [0.3, 0.4) is 0 Å². The van der Waals surface area contributed by atoms with Gasteiger partial charge in [0.25, 0.3) is 0 Å². The zero-order valence-corrected chi connectivity index (χ0v) is 17.0. The highest BCUT2D eigenvalue weighted by atomic mass is 16.5. The van der Waals surface area contributed by atoms with Crippen molar-refractivity contribution >= 4 is 11.9 Å². The zero-order chi connectivity index (χ0) is 19.5. The van der Waals surface area contributed by atoms with Gasteiger partial charge in [-0.25, -0.2) is 0 Å². The van der Waals surface area contributed by atoms with E-state index < -0.39 is 11.9 Å². The predicted molar refractivity (Wildman–Crippen MR) is 107 cm³/mol. The molecule has 0 aromatic rings. The summed E-state index contributed by atoms with van der Waals surface area (Å²) < 4.78 is 4.83. The lowest BCUT2D eigenvalue weighted by atomic mass is 10.0. The summed E-state index contributed by atoms with van der Waals surface area (Å²) in [6.07, 6.45) is 19.9. The van der Waals surface area contributed by atoms with Gasteiger partial charge in [-0.05, 0) is 24.8 Å². The largest absolute Gasteiger partial charge is 0.481 e. The average molecular weight is 369 g/mol. The monoisotopic (exact) mass is 368 g/mol. The first kappa shape index (κ1) is 24.7. The smallest absolute Gasteiger partial charge is 0.311 e. The second kappa shape index (κ2) is 18.5. The minimum atomic E-state index is -0.979. The van der Waals surface area contributed by atoms with Crippen LogP contribution < -0.4 is 0 Å². The van der Waals surface area contributed by atoms with E-state index in [9.17, 15) is 9.59 Å². The summed E-state index contributed by atoms with van der Waals surface area (Å²) in [5, 5.41) is 8.46. The highest BCUT2D eigenvalue weighted by Crippen LogP contribution is 2.14. The maximum atomic E-state index is 11.2. The zero-order valence-electron chi connectivity index (χ0n) is 17.0. The van der Waals surface area contributed by atoms with E-state index in [-0.39, 0.29) is 12.8 Å². The van der Waals surface area contributed by atoms with Crippen LogP contribution in [0, 0.1) is 5.92 Å². The van der Waals surface area contributed by atoms with Crippen LogP contribution in [0.1, 0.15) is 110 Å². The lowest BCUT2D eigenvalue weighted by Crippen LogP contribution is -2.03. The fourth-order valence-electron chi connectivity index (χ4n) is 2.87. The van der Waals surface area contributed by atoms with E-state index in [0.29, 0.717) is 0 Å². The number of carbonyl (C=O) groups is 2.